The summed E-state index contributed by atoms with van der Waals surface area (Å²) < 4.78 is 45.7. The lowest BCUT2D eigenvalue weighted by atomic mass is 9.85. The van der Waals surface area contributed by atoms with Crippen LogP contribution in [0.5, 0.6) is 5.75 Å². The number of hydrogen-bond acceptors (Lipinski definition) is 5. The second kappa shape index (κ2) is 11.9. The zero-order valence-corrected chi connectivity index (χ0v) is 23.2. The zero-order chi connectivity index (χ0) is 30.0. The van der Waals surface area contributed by atoms with E-state index in [2.05, 4.69) is 20.4 Å². The van der Waals surface area contributed by atoms with Crippen molar-refractivity contribution < 1.29 is 27.5 Å². The van der Waals surface area contributed by atoms with E-state index in [0.717, 1.165) is 17.6 Å². The van der Waals surface area contributed by atoms with Crippen LogP contribution in [0.1, 0.15) is 46.5 Å². The number of imidazole rings is 1. The molecule has 13 heteroatoms. The van der Waals surface area contributed by atoms with Crippen LogP contribution >= 0.6 is 11.6 Å². The van der Waals surface area contributed by atoms with Gasteiger partial charge in [-0.3, -0.25) is 18.7 Å². The number of fused-ring (bicyclic) bond motifs is 1. The molecule has 9 nitrogen and oxygen atoms in total. The summed E-state index contributed by atoms with van der Waals surface area (Å²) in [5.74, 6) is -1.51. The van der Waals surface area contributed by atoms with Gasteiger partial charge in [0.1, 0.15) is 11.4 Å². The molecule has 0 unspecified atom stereocenters. The fourth-order valence-corrected chi connectivity index (χ4v) is 5.49. The molecule has 0 radical (unpaired) electrons. The Kier molecular flexibility index (Phi) is 8.26. The number of hydrogen-bond donors (Lipinski definition) is 2. The number of carbonyl (C=O) groups is 2. The minimum absolute atomic E-state index is 0.112. The van der Waals surface area contributed by atoms with E-state index < -0.39 is 18.0 Å². The number of para-hydroxylation sites is 2. The fourth-order valence-electron chi connectivity index (χ4n) is 5.32. The minimum atomic E-state index is -4.95. The normalized spacial score (nSPS) is 17.2. The third kappa shape index (κ3) is 6.28. The van der Waals surface area contributed by atoms with Crippen molar-refractivity contribution in [3.05, 3.63) is 87.6 Å². The first-order valence-corrected chi connectivity index (χ1v) is 13.7. The lowest BCUT2D eigenvalue weighted by Crippen LogP contribution is -2.39. The van der Waals surface area contributed by atoms with Crippen LogP contribution < -0.4 is 21.1 Å². The fraction of sp³-hybridized carbons (Fsp3) is 0.310. The third-order valence-electron chi connectivity index (χ3n) is 7.34. The number of pyridine rings is 1. The molecule has 220 valence electrons. The molecule has 0 atom stereocenters. The van der Waals surface area contributed by atoms with Crippen LogP contribution in [-0.4, -0.2) is 45.4 Å². The Balaban J connectivity index is 1.29. The van der Waals surface area contributed by atoms with Crippen LogP contribution in [0.3, 0.4) is 0 Å². The monoisotopic (exact) mass is 601 g/mol. The molecular weight excluding hydrogens is 575 g/mol. The van der Waals surface area contributed by atoms with Crippen molar-refractivity contribution in [2.45, 2.75) is 44.6 Å². The number of rotatable bonds is 7. The molecule has 2 amide bonds. The summed E-state index contributed by atoms with van der Waals surface area (Å²) in [6.45, 7) is 0.453. The van der Waals surface area contributed by atoms with E-state index >= 15 is 0 Å². The van der Waals surface area contributed by atoms with E-state index in [4.69, 9.17) is 11.6 Å². The van der Waals surface area contributed by atoms with Crippen molar-refractivity contribution >= 4 is 34.4 Å². The van der Waals surface area contributed by atoms with Crippen molar-refractivity contribution in [1.82, 2.24) is 24.8 Å². The number of aromatic nitrogens is 3. The number of halogens is 4. The first-order valence-electron chi connectivity index (χ1n) is 13.3. The molecule has 5 rings (SSSR count). The van der Waals surface area contributed by atoms with Gasteiger partial charge in [-0.1, -0.05) is 23.7 Å². The van der Waals surface area contributed by atoms with Crippen LogP contribution in [0.15, 0.2) is 65.6 Å². The average Bonchev–Trinajstić information content (AvgIpc) is 3.24. The van der Waals surface area contributed by atoms with Crippen molar-refractivity contribution in [1.29, 1.82) is 0 Å². The minimum Gasteiger partial charge on any atom is -0.405 e. The largest absolute Gasteiger partial charge is 0.573 e. The molecular formula is C29H27ClF3N5O4. The molecule has 42 heavy (non-hydrogen) atoms. The highest BCUT2D eigenvalue weighted by Gasteiger charge is 2.33. The maximum atomic E-state index is 13.6. The van der Waals surface area contributed by atoms with Gasteiger partial charge in [-0.25, -0.2) is 9.78 Å². The first kappa shape index (κ1) is 29.2. The maximum absolute atomic E-state index is 13.6. The van der Waals surface area contributed by atoms with Gasteiger partial charge in [0.15, 0.2) is 0 Å². The van der Waals surface area contributed by atoms with Gasteiger partial charge in [-0.2, -0.15) is 0 Å². The van der Waals surface area contributed by atoms with E-state index in [0.29, 0.717) is 43.4 Å². The van der Waals surface area contributed by atoms with Crippen molar-refractivity contribution in [2.24, 2.45) is 5.92 Å². The molecule has 2 N–H and O–H groups in total. The highest BCUT2D eigenvalue weighted by molar-refractivity contribution is 6.31. The Labute approximate surface area is 243 Å². The van der Waals surface area contributed by atoms with E-state index in [9.17, 15) is 27.6 Å². The van der Waals surface area contributed by atoms with Crippen molar-refractivity contribution in [3.63, 3.8) is 0 Å². The number of amides is 2. The second-order valence-corrected chi connectivity index (χ2v) is 10.5. The molecule has 2 aromatic carbocycles. The molecule has 4 aromatic rings. The molecule has 1 fully saturated rings. The van der Waals surface area contributed by atoms with Gasteiger partial charge in [0.05, 0.1) is 28.5 Å². The lowest BCUT2D eigenvalue weighted by molar-refractivity contribution is -0.274. The summed E-state index contributed by atoms with van der Waals surface area (Å²) in [4.78, 5) is 42.5. The lowest BCUT2D eigenvalue weighted by Gasteiger charge is -2.29. The van der Waals surface area contributed by atoms with Gasteiger partial charge in [0.25, 0.3) is 11.8 Å². The highest BCUT2D eigenvalue weighted by Crippen LogP contribution is 2.31. The van der Waals surface area contributed by atoms with E-state index in [1.54, 1.807) is 21.3 Å². The Morgan fingerprint density at radius 3 is 2.38 bits per heavy atom. The number of ether oxygens (including phenoxy) is 1. The van der Waals surface area contributed by atoms with Crippen molar-refractivity contribution in [2.75, 3.05) is 7.05 Å². The molecule has 2 aromatic heterocycles. The molecule has 1 saturated carbocycles. The Morgan fingerprint density at radius 2 is 1.74 bits per heavy atom. The molecule has 2 heterocycles. The SMILES string of the molecule is CNC(=O)c1ccc(-n2c(=O)n(CC3CCC(NC(=O)c4cc(Cl)ccc4OC(F)(F)F)CC3)c3ccccc32)cn1. The standard InChI is InChI=1S/C29H27ClF3N5O4/c1-34-27(40)22-12-11-20(15-35-22)38-24-5-3-2-4-23(24)37(28(38)41)16-17-6-9-19(10-7-17)36-26(39)21-14-18(30)8-13-25(21)42-29(31,32)33/h2-5,8,11-15,17,19H,6-7,9-10,16H2,1H3,(H,34,40)(H,36,39). The molecule has 0 spiro atoms. The van der Waals surface area contributed by atoms with Crippen LogP contribution in [0.4, 0.5) is 13.2 Å². The molecule has 1 aliphatic rings. The first-order chi connectivity index (χ1) is 20.0. The average molecular weight is 602 g/mol. The summed E-state index contributed by atoms with van der Waals surface area (Å²) in [5, 5.41) is 5.43. The van der Waals surface area contributed by atoms with Gasteiger partial charge in [-0.05, 0) is 74.1 Å². The van der Waals surface area contributed by atoms with Crippen LogP contribution in [0.25, 0.3) is 16.7 Å². The molecule has 0 bridgehead atoms. The summed E-state index contributed by atoms with van der Waals surface area (Å²) in [6, 6.07) is 13.8. The van der Waals surface area contributed by atoms with Gasteiger partial charge >= 0.3 is 12.1 Å². The zero-order valence-electron chi connectivity index (χ0n) is 22.5. The van der Waals surface area contributed by atoms with Gasteiger partial charge in [0.2, 0.25) is 0 Å². The molecule has 0 aliphatic heterocycles. The summed E-state index contributed by atoms with van der Waals surface area (Å²) in [5.41, 5.74) is 1.70. The second-order valence-electron chi connectivity index (χ2n) is 10.1. The van der Waals surface area contributed by atoms with Gasteiger partial charge in [0, 0.05) is 24.7 Å². The number of alkyl halides is 3. The van der Waals surface area contributed by atoms with Crippen LogP contribution in [-0.2, 0) is 6.54 Å². The number of nitrogens with zero attached hydrogens (tertiary/aromatic N) is 3. The third-order valence-corrected chi connectivity index (χ3v) is 7.57. The summed E-state index contributed by atoms with van der Waals surface area (Å²) in [6.07, 6.45) is -0.897. The predicted molar refractivity (Wildman–Crippen MR) is 150 cm³/mol. The Bertz CT molecular complexity index is 1680. The predicted octanol–water partition coefficient (Wildman–Crippen LogP) is 5.09. The van der Waals surface area contributed by atoms with Gasteiger partial charge in [-0.15, -0.1) is 13.2 Å². The molecule has 1 aliphatic carbocycles. The van der Waals surface area contributed by atoms with Crippen LogP contribution in [0.2, 0.25) is 5.02 Å². The topological polar surface area (TPSA) is 107 Å². The summed E-state index contributed by atoms with van der Waals surface area (Å²) in [7, 11) is 1.51. The smallest absolute Gasteiger partial charge is 0.405 e. The van der Waals surface area contributed by atoms with E-state index in [-0.39, 0.29) is 39.8 Å². The Hall–Kier alpha value is -4.32. The Morgan fingerprint density at radius 1 is 1.02 bits per heavy atom. The van der Waals surface area contributed by atoms with Crippen LogP contribution in [0, 0.1) is 5.92 Å². The molecule has 0 saturated heterocycles. The van der Waals surface area contributed by atoms with E-state index in [1.807, 2.05) is 24.3 Å². The number of nitrogens with one attached hydrogen (secondary N) is 2. The number of carbonyl (C=O) groups excluding carboxylic acids is 2. The number of benzene rings is 2. The maximum Gasteiger partial charge on any atom is 0.573 e. The van der Waals surface area contributed by atoms with Gasteiger partial charge < -0.3 is 15.4 Å². The quantitative estimate of drug-likeness (QED) is 0.307. The summed E-state index contributed by atoms with van der Waals surface area (Å²) >= 11 is 5.93. The van der Waals surface area contributed by atoms with E-state index in [1.165, 1.54) is 19.3 Å². The van der Waals surface area contributed by atoms with Crippen molar-refractivity contribution in [3.8, 4) is 11.4 Å². The highest BCUT2D eigenvalue weighted by atomic mass is 35.5.